The maximum Gasteiger partial charge on any atom is 0.230 e. The summed E-state index contributed by atoms with van der Waals surface area (Å²) in [5.41, 5.74) is 0. The minimum Gasteiger partial charge on any atom is -0.379 e. The Labute approximate surface area is 86.7 Å². The van der Waals surface area contributed by atoms with Crippen molar-refractivity contribution in [2.24, 2.45) is 0 Å². The highest BCUT2D eigenvalue weighted by Crippen LogP contribution is 1.94. The maximum absolute atomic E-state index is 10.9. The zero-order valence-corrected chi connectivity index (χ0v) is 9.18. The summed E-state index contributed by atoms with van der Waals surface area (Å²) in [5, 5.41) is 3.20. The van der Waals surface area contributed by atoms with E-state index in [1.165, 1.54) is 0 Å². The normalized spacial score (nSPS) is 18.5. The molecule has 0 saturated carbocycles. The number of morpholine rings is 1. The second-order valence-electron chi connectivity index (χ2n) is 2.94. The van der Waals surface area contributed by atoms with Crippen LogP contribution in [0.5, 0.6) is 0 Å². The molecule has 1 amide bonds. The average Bonchev–Trinajstić information content (AvgIpc) is 2.19. The van der Waals surface area contributed by atoms with Crippen molar-refractivity contribution in [3.05, 3.63) is 0 Å². The van der Waals surface area contributed by atoms with E-state index < -0.39 is 0 Å². The summed E-state index contributed by atoms with van der Waals surface area (Å²) in [6.07, 6.45) is 0. The van der Waals surface area contributed by atoms with Crippen LogP contribution in [-0.2, 0) is 9.53 Å². The van der Waals surface area contributed by atoms with Gasteiger partial charge in [-0.05, 0) is 0 Å². The molecule has 1 aliphatic heterocycles. The van der Waals surface area contributed by atoms with E-state index in [1.54, 1.807) is 0 Å². The molecule has 76 valence electrons. The molecule has 0 aromatic rings. The van der Waals surface area contributed by atoms with Gasteiger partial charge in [0.25, 0.3) is 0 Å². The monoisotopic (exact) mass is 250 g/mol. The second kappa shape index (κ2) is 6.34. The number of rotatable bonds is 4. The quantitative estimate of drug-likeness (QED) is 0.705. The largest absolute Gasteiger partial charge is 0.379 e. The zero-order valence-electron chi connectivity index (χ0n) is 7.59. The lowest BCUT2D eigenvalue weighted by Crippen LogP contribution is -2.41. The van der Waals surface area contributed by atoms with Crippen LogP contribution in [0, 0.1) is 0 Å². The van der Waals surface area contributed by atoms with E-state index >= 15 is 0 Å². The van der Waals surface area contributed by atoms with Crippen molar-refractivity contribution < 1.29 is 9.53 Å². The van der Waals surface area contributed by atoms with Crippen LogP contribution < -0.4 is 5.32 Å². The third kappa shape index (κ3) is 4.59. The molecular weight excluding hydrogens is 236 g/mol. The van der Waals surface area contributed by atoms with Crippen molar-refractivity contribution >= 4 is 21.8 Å². The van der Waals surface area contributed by atoms with Crippen LogP contribution in [0.15, 0.2) is 0 Å². The first kappa shape index (κ1) is 10.9. The number of hydrogen-bond donors (Lipinski definition) is 1. The predicted molar refractivity (Wildman–Crippen MR) is 54.1 cm³/mol. The van der Waals surface area contributed by atoms with Crippen molar-refractivity contribution in [3.8, 4) is 0 Å². The van der Waals surface area contributed by atoms with Gasteiger partial charge < -0.3 is 10.1 Å². The van der Waals surface area contributed by atoms with Gasteiger partial charge in [-0.3, -0.25) is 9.69 Å². The number of nitrogens with zero attached hydrogens (tertiary/aromatic N) is 1. The van der Waals surface area contributed by atoms with E-state index in [1.807, 2.05) is 0 Å². The van der Waals surface area contributed by atoms with E-state index in [-0.39, 0.29) is 5.91 Å². The number of nitrogens with one attached hydrogen (secondary N) is 1. The Kier molecular flexibility index (Phi) is 5.34. The molecule has 5 heteroatoms. The zero-order chi connectivity index (χ0) is 9.52. The molecule has 1 N–H and O–H groups in total. The van der Waals surface area contributed by atoms with Crippen molar-refractivity contribution in [3.63, 3.8) is 0 Å². The van der Waals surface area contributed by atoms with Crippen LogP contribution in [0.3, 0.4) is 0 Å². The van der Waals surface area contributed by atoms with Crippen LogP contribution in [0.4, 0.5) is 0 Å². The van der Waals surface area contributed by atoms with Crippen LogP contribution >= 0.6 is 15.9 Å². The maximum atomic E-state index is 10.9. The Morgan fingerprint density at radius 1 is 1.46 bits per heavy atom. The van der Waals surface area contributed by atoms with E-state index in [0.717, 1.165) is 39.4 Å². The van der Waals surface area contributed by atoms with Gasteiger partial charge in [-0.25, -0.2) is 0 Å². The Morgan fingerprint density at radius 2 is 2.15 bits per heavy atom. The molecule has 1 aliphatic rings. The Hall–Kier alpha value is -0.130. The fraction of sp³-hybridized carbons (Fsp3) is 0.875. The van der Waals surface area contributed by atoms with Crippen LogP contribution in [0.2, 0.25) is 0 Å². The van der Waals surface area contributed by atoms with Gasteiger partial charge in [-0.1, -0.05) is 15.9 Å². The van der Waals surface area contributed by atoms with Crippen molar-refractivity contribution in [2.75, 3.05) is 44.7 Å². The van der Waals surface area contributed by atoms with Crippen LogP contribution in [0.1, 0.15) is 0 Å². The molecule has 0 aliphatic carbocycles. The van der Waals surface area contributed by atoms with Crippen LogP contribution in [-0.4, -0.2) is 55.5 Å². The summed E-state index contributed by atoms with van der Waals surface area (Å²) in [4.78, 5) is 13.1. The molecule has 0 radical (unpaired) electrons. The first-order chi connectivity index (χ1) is 6.33. The third-order valence-electron chi connectivity index (χ3n) is 1.98. The van der Waals surface area contributed by atoms with E-state index in [2.05, 4.69) is 26.1 Å². The van der Waals surface area contributed by atoms with Gasteiger partial charge in [0.1, 0.15) is 0 Å². The van der Waals surface area contributed by atoms with E-state index in [4.69, 9.17) is 4.74 Å². The van der Waals surface area contributed by atoms with Gasteiger partial charge in [0.2, 0.25) is 5.91 Å². The highest BCUT2D eigenvalue weighted by molar-refractivity contribution is 9.09. The lowest BCUT2D eigenvalue weighted by Gasteiger charge is -2.26. The number of carbonyl (C=O) groups excluding carboxylic acids is 1. The molecule has 1 saturated heterocycles. The fourth-order valence-electron chi connectivity index (χ4n) is 1.23. The molecule has 1 heterocycles. The molecule has 0 aromatic heterocycles. The van der Waals surface area contributed by atoms with Crippen molar-refractivity contribution in [1.29, 1.82) is 0 Å². The Morgan fingerprint density at radius 3 is 2.77 bits per heavy atom. The van der Waals surface area contributed by atoms with E-state index in [9.17, 15) is 4.79 Å². The third-order valence-corrected chi connectivity index (χ3v) is 2.48. The van der Waals surface area contributed by atoms with Gasteiger partial charge in [0, 0.05) is 26.2 Å². The van der Waals surface area contributed by atoms with Gasteiger partial charge in [-0.15, -0.1) is 0 Å². The first-order valence-corrected chi connectivity index (χ1v) is 5.58. The highest BCUT2D eigenvalue weighted by Gasteiger charge is 2.09. The molecule has 0 spiro atoms. The average molecular weight is 251 g/mol. The predicted octanol–water partition coefficient (Wildman–Crippen LogP) is -0.170. The fourth-order valence-corrected chi connectivity index (χ4v) is 1.42. The van der Waals surface area contributed by atoms with Gasteiger partial charge in [0.05, 0.1) is 18.5 Å². The summed E-state index contributed by atoms with van der Waals surface area (Å²) in [7, 11) is 0. The molecule has 1 rings (SSSR count). The molecule has 0 aromatic carbocycles. The summed E-state index contributed by atoms with van der Waals surface area (Å²) >= 11 is 3.10. The lowest BCUT2D eigenvalue weighted by atomic mass is 10.4. The number of ether oxygens (including phenoxy) is 1. The number of halogens is 1. The molecule has 0 atom stereocenters. The SMILES string of the molecule is O=C(CBr)NCCN1CCOCC1. The number of alkyl halides is 1. The number of hydrogen-bond acceptors (Lipinski definition) is 3. The smallest absolute Gasteiger partial charge is 0.230 e. The Bertz CT molecular complexity index is 160. The molecule has 4 nitrogen and oxygen atoms in total. The van der Waals surface area contributed by atoms with Crippen molar-refractivity contribution in [1.82, 2.24) is 10.2 Å². The topological polar surface area (TPSA) is 41.6 Å². The summed E-state index contributed by atoms with van der Waals surface area (Å²) in [5.74, 6) is 0.0493. The Balaban J connectivity index is 2.01. The number of carbonyl (C=O) groups is 1. The van der Waals surface area contributed by atoms with Gasteiger partial charge in [-0.2, -0.15) is 0 Å². The molecular formula is C8H15BrN2O2. The molecule has 0 bridgehead atoms. The standard InChI is InChI=1S/C8H15BrN2O2/c9-7-8(12)10-1-2-11-3-5-13-6-4-11/h1-7H2,(H,10,12). The first-order valence-electron chi connectivity index (χ1n) is 4.45. The minimum atomic E-state index is 0.0493. The summed E-state index contributed by atoms with van der Waals surface area (Å²) < 4.78 is 5.21. The van der Waals surface area contributed by atoms with Crippen molar-refractivity contribution in [2.45, 2.75) is 0 Å². The molecule has 0 unspecified atom stereocenters. The van der Waals surface area contributed by atoms with Gasteiger partial charge >= 0.3 is 0 Å². The minimum absolute atomic E-state index is 0.0493. The lowest BCUT2D eigenvalue weighted by molar-refractivity contribution is -0.118. The second-order valence-corrected chi connectivity index (χ2v) is 3.50. The molecule has 13 heavy (non-hydrogen) atoms. The highest BCUT2D eigenvalue weighted by atomic mass is 79.9. The van der Waals surface area contributed by atoms with Gasteiger partial charge in [0.15, 0.2) is 0 Å². The summed E-state index contributed by atoms with van der Waals surface area (Å²) in [6, 6.07) is 0. The number of amides is 1. The molecule has 1 fully saturated rings. The van der Waals surface area contributed by atoms with E-state index in [0.29, 0.717) is 5.33 Å². The summed E-state index contributed by atoms with van der Waals surface area (Å²) in [6.45, 7) is 5.22. The van der Waals surface area contributed by atoms with Crippen LogP contribution in [0.25, 0.3) is 0 Å².